The zero-order valence-corrected chi connectivity index (χ0v) is 12.8. The summed E-state index contributed by atoms with van der Waals surface area (Å²) in [6.45, 7) is 7.31. The Morgan fingerprint density at radius 3 is 2.86 bits per heavy atom. The van der Waals surface area contributed by atoms with E-state index in [2.05, 4.69) is 26.9 Å². The molecule has 2 rings (SSSR count). The number of rotatable bonds is 6. The molecule has 114 valence electrons. The first-order chi connectivity index (χ1) is 10.1. The average molecular weight is 292 g/mol. The van der Waals surface area contributed by atoms with Crippen LogP contribution in [0.15, 0.2) is 10.6 Å². The minimum atomic E-state index is -0.144. The molecule has 7 nitrogen and oxygen atoms in total. The molecule has 0 unspecified atom stereocenters. The van der Waals surface area contributed by atoms with Crippen molar-refractivity contribution in [1.82, 2.24) is 20.0 Å². The lowest BCUT2D eigenvalue weighted by Gasteiger charge is -2.06. The number of carbonyl (C=O) groups is 1. The quantitative estimate of drug-likeness (QED) is 0.874. The smallest absolute Gasteiger partial charge is 0.253 e. The molecular weight excluding hydrogens is 272 g/mol. The largest absolute Gasteiger partial charge is 0.377 e. The molecule has 1 amide bonds. The van der Waals surface area contributed by atoms with Gasteiger partial charge in [-0.05, 0) is 26.8 Å². The van der Waals surface area contributed by atoms with Crippen molar-refractivity contribution < 1.29 is 14.1 Å². The first-order valence-corrected chi connectivity index (χ1v) is 6.82. The molecule has 0 saturated carbocycles. The molecule has 21 heavy (non-hydrogen) atoms. The van der Waals surface area contributed by atoms with Gasteiger partial charge in [-0.25, -0.2) is 0 Å². The second-order valence-corrected chi connectivity index (χ2v) is 4.75. The summed E-state index contributed by atoms with van der Waals surface area (Å²) in [5.41, 5.74) is 2.70. The molecular formula is C14H20N4O3. The minimum absolute atomic E-state index is 0.144. The van der Waals surface area contributed by atoms with E-state index in [-0.39, 0.29) is 19.1 Å². The van der Waals surface area contributed by atoms with Crippen molar-refractivity contribution in [1.29, 1.82) is 0 Å². The van der Waals surface area contributed by atoms with Crippen LogP contribution in [0.3, 0.4) is 0 Å². The molecule has 0 radical (unpaired) electrons. The van der Waals surface area contributed by atoms with E-state index in [1.165, 1.54) is 0 Å². The third-order valence-corrected chi connectivity index (χ3v) is 3.32. The zero-order chi connectivity index (χ0) is 15.4. The number of hydrogen-bond donors (Lipinski definition) is 1. The molecule has 0 aliphatic carbocycles. The number of aryl methyl sites for hydroxylation is 1. The van der Waals surface area contributed by atoms with Crippen LogP contribution in [0.2, 0.25) is 0 Å². The highest BCUT2D eigenvalue weighted by Gasteiger charge is 2.15. The first-order valence-electron chi connectivity index (χ1n) is 6.82. The van der Waals surface area contributed by atoms with E-state index in [0.29, 0.717) is 17.3 Å². The molecule has 0 bridgehead atoms. The number of carbonyl (C=O) groups excluding carboxylic acids is 1. The maximum Gasteiger partial charge on any atom is 0.253 e. The molecule has 1 N–H and O–H groups in total. The maximum atomic E-state index is 12.2. The van der Waals surface area contributed by atoms with Crippen LogP contribution < -0.4 is 5.32 Å². The molecule has 0 saturated heterocycles. The number of amides is 1. The van der Waals surface area contributed by atoms with Gasteiger partial charge in [0.05, 0.1) is 12.1 Å². The van der Waals surface area contributed by atoms with E-state index < -0.39 is 0 Å². The predicted molar refractivity (Wildman–Crippen MR) is 75.8 cm³/mol. The van der Waals surface area contributed by atoms with E-state index in [4.69, 9.17) is 9.26 Å². The monoisotopic (exact) mass is 292 g/mol. The van der Waals surface area contributed by atoms with E-state index >= 15 is 0 Å². The van der Waals surface area contributed by atoms with Crippen molar-refractivity contribution in [2.75, 3.05) is 7.11 Å². The Kier molecular flexibility index (Phi) is 4.74. The normalized spacial score (nSPS) is 10.9. The van der Waals surface area contributed by atoms with Gasteiger partial charge in [0.15, 0.2) is 5.82 Å². The molecule has 0 aliphatic heterocycles. The summed E-state index contributed by atoms with van der Waals surface area (Å²) in [5, 5.41) is 6.53. The fourth-order valence-corrected chi connectivity index (χ4v) is 2.32. The Balaban J connectivity index is 2.01. The Bertz CT molecular complexity index is 630. The molecule has 2 aromatic rings. The number of nitrogens with zero attached hydrogens (tertiary/aromatic N) is 3. The van der Waals surface area contributed by atoms with Crippen LogP contribution in [0.4, 0.5) is 0 Å². The second-order valence-electron chi connectivity index (χ2n) is 4.75. The molecule has 0 spiro atoms. The Morgan fingerprint density at radius 1 is 1.48 bits per heavy atom. The van der Waals surface area contributed by atoms with Crippen molar-refractivity contribution in [3.8, 4) is 0 Å². The number of ether oxygens (including phenoxy) is 1. The number of aromatic nitrogens is 3. The van der Waals surface area contributed by atoms with E-state index in [9.17, 15) is 4.79 Å². The van der Waals surface area contributed by atoms with Gasteiger partial charge in [0.2, 0.25) is 5.89 Å². The highest BCUT2D eigenvalue weighted by Crippen LogP contribution is 2.14. The lowest BCUT2D eigenvalue weighted by atomic mass is 10.2. The summed E-state index contributed by atoms with van der Waals surface area (Å²) in [4.78, 5) is 16.3. The molecule has 7 heteroatoms. The summed E-state index contributed by atoms with van der Waals surface area (Å²) in [6.07, 6.45) is 0. The third-order valence-electron chi connectivity index (χ3n) is 3.32. The second kappa shape index (κ2) is 6.53. The molecule has 2 aromatic heterocycles. The van der Waals surface area contributed by atoms with Crippen molar-refractivity contribution in [2.45, 2.75) is 40.5 Å². The van der Waals surface area contributed by atoms with Crippen LogP contribution in [-0.2, 0) is 24.4 Å². The van der Waals surface area contributed by atoms with E-state index in [0.717, 1.165) is 17.9 Å². The zero-order valence-electron chi connectivity index (χ0n) is 12.8. The number of methoxy groups -OCH3 is 1. The number of nitrogens with one attached hydrogen (secondary N) is 1. The summed E-state index contributed by atoms with van der Waals surface area (Å²) in [7, 11) is 1.56. The summed E-state index contributed by atoms with van der Waals surface area (Å²) >= 11 is 0. The topological polar surface area (TPSA) is 82.2 Å². The van der Waals surface area contributed by atoms with Gasteiger partial charge in [0.25, 0.3) is 5.91 Å². The lowest BCUT2D eigenvalue weighted by Crippen LogP contribution is -2.23. The van der Waals surface area contributed by atoms with Gasteiger partial charge >= 0.3 is 0 Å². The van der Waals surface area contributed by atoms with Crippen molar-refractivity contribution in [2.24, 2.45) is 0 Å². The molecule has 0 aliphatic rings. The standard InChI is InChI=1S/C14H20N4O3/c1-5-18-9(2)6-11(10(18)3)14(19)15-7-13-16-12(8-20-4)17-21-13/h6H,5,7-8H2,1-4H3,(H,15,19). The third kappa shape index (κ3) is 3.30. The van der Waals surface area contributed by atoms with Gasteiger partial charge in [-0.2, -0.15) is 4.98 Å². The van der Waals surface area contributed by atoms with Crippen LogP contribution >= 0.6 is 0 Å². The lowest BCUT2D eigenvalue weighted by molar-refractivity contribution is 0.0945. The van der Waals surface area contributed by atoms with Crippen molar-refractivity contribution in [3.05, 3.63) is 34.7 Å². The van der Waals surface area contributed by atoms with Crippen molar-refractivity contribution >= 4 is 5.91 Å². The average Bonchev–Trinajstić information content (AvgIpc) is 3.01. The SMILES string of the molecule is CCn1c(C)cc(C(=O)NCc2nc(COC)no2)c1C. The van der Waals surface area contributed by atoms with Crippen LogP contribution in [-0.4, -0.2) is 27.7 Å². The van der Waals surface area contributed by atoms with Gasteiger partial charge in [-0.1, -0.05) is 5.16 Å². The molecule has 0 fully saturated rings. The Hall–Kier alpha value is -2.15. The van der Waals surface area contributed by atoms with E-state index in [1.54, 1.807) is 7.11 Å². The number of hydrogen-bond acceptors (Lipinski definition) is 5. The van der Waals surface area contributed by atoms with Crippen LogP contribution in [0.1, 0.15) is 40.4 Å². The van der Waals surface area contributed by atoms with Crippen LogP contribution in [0.5, 0.6) is 0 Å². The van der Waals surface area contributed by atoms with Gasteiger partial charge < -0.3 is 19.1 Å². The highest BCUT2D eigenvalue weighted by molar-refractivity contribution is 5.95. The van der Waals surface area contributed by atoms with E-state index in [1.807, 2.05) is 19.9 Å². The maximum absolute atomic E-state index is 12.2. The van der Waals surface area contributed by atoms with Gasteiger partial charge in [-0.3, -0.25) is 4.79 Å². The summed E-state index contributed by atoms with van der Waals surface area (Å²) < 4.78 is 12.0. The summed E-state index contributed by atoms with van der Waals surface area (Å²) in [6, 6.07) is 1.89. The highest BCUT2D eigenvalue weighted by atomic mass is 16.5. The molecule has 0 aromatic carbocycles. The summed E-state index contributed by atoms with van der Waals surface area (Å²) in [5.74, 6) is 0.680. The molecule has 0 atom stereocenters. The van der Waals surface area contributed by atoms with Crippen LogP contribution in [0, 0.1) is 13.8 Å². The Labute approximate surface area is 123 Å². The predicted octanol–water partition coefficient (Wildman–Crippen LogP) is 1.58. The molecule has 2 heterocycles. The fourth-order valence-electron chi connectivity index (χ4n) is 2.32. The van der Waals surface area contributed by atoms with Crippen LogP contribution in [0.25, 0.3) is 0 Å². The Morgan fingerprint density at radius 2 is 2.24 bits per heavy atom. The fraction of sp³-hybridized carbons (Fsp3) is 0.500. The first kappa shape index (κ1) is 15.2. The minimum Gasteiger partial charge on any atom is -0.377 e. The van der Waals surface area contributed by atoms with Gasteiger partial charge in [-0.15, -0.1) is 0 Å². The van der Waals surface area contributed by atoms with Crippen molar-refractivity contribution in [3.63, 3.8) is 0 Å². The van der Waals surface area contributed by atoms with Gasteiger partial charge in [0, 0.05) is 25.0 Å². The van der Waals surface area contributed by atoms with Gasteiger partial charge in [0.1, 0.15) is 6.61 Å².